The van der Waals surface area contributed by atoms with Crippen molar-refractivity contribution in [2.24, 2.45) is 0 Å². The Morgan fingerprint density at radius 2 is 1.64 bits per heavy atom. The van der Waals surface area contributed by atoms with Crippen LogP contribution in [0.4, 0.5) is 0 Å². The maximum Gasteiger partial charge on any atom is 0.310 e. The molecule has 0 atom stereocenters. The van der Waals surface area contributed by atoms with Crippen LogP contribution in [-0.4, -0.2) is 21.0 Å². The van der Waals surface area contributed by atoms with Crippen molar-refractivity contribution in [3.05, 3.63) is 65.7 Å². The van der Waals surface area contributed by atoms with Gasteiger partial charge < -0.3 is 4.74 Å². The van der Waals surface area contributed by atoms with Crippen molar-refractivity contribution in [1.29, 1.82) is 0 Å². The van der Waals surface area contributed by atoms with E-state index in [1.54, 1.807) is 30.3 Å². The molecule has 5 nitrogen and oxygen atoms in total. The van der Waals surface area contributed by atoms with E-state index in [0.29, 0.717) is 6.61 Å². The molecule has 1 N–H and O–H groups in total. The Morgan fingerprint density at radius 3 is 2.28 bits per heavy atom. The lowest BCUT2D eigenvalue weighted by molar-refractivity contribution is -0.142. The Labute approximate surface area is 149 Å². The number of rotatable bonds is 9. The van der Waals surface area contributed by atoms with E-state index in [2.05, 4.69) is 4.72 Å². The summed E-state index contributed by atoms with van der Waals surface area (Å²) in [7, 11) is -3.52. The predicted octanol–water partition coefficient (Wildman–Crippen LogP) is 3.05. The van der Waals surface area contributed by atoms with Crippen molar-refractivity contribution in [3.63, 3.8) is 0 Å². The Hall–Kier alpha value is -2.18. The van der Waals surface area contributed by atoms with Gasteiger partial charge in [0.25, 0.3) is 0 Å². The van der Waals surface area contributed by atoms with Gasteiger partial charge in [0.1, 0.15) is 0 Å². The van der Waals surface area contributed by atoms with Crippen molar-refractivity contribution in [1.82, 2.24) is 4.72 Å². The summed E-state index contributed by atoms with van der Waals surface area (Å²) in [5.41, 5.74) is 1.67. The monoisotopic (exact) mass is 361 g/mol. The lowest BCUT2D eigenvalue weighted by Gasteiger charge is -2.08. The molecule has 0 fully saturated rings. The fourth-order valence-corrected chi connectivity index (χ4v) is 3.22. The highest BCUT2D eigenvalue weighted by Gasteiger charge is 2.12. The minimum Gasteiger partial charge on any atom is -0.465 e. The number of carbonyl (C=O) groups is 1. The summed E-state index contributed by atoms with van der Waals surface area (Å²) in [5.74, 6) is -0.244. The van der Waals surface area contributed by atoms with Crippen LogP contribution in [0.25, 0.3) is 0 Å². The number of unbranched alkanes of at least 4 members (excludes halogenated alkanes) is 1. The second-order valence-electron chi connectivity index (χ2n) is 5.70. The van der Waals surface area contributed by atoms with Crippen LogP contribution in [0.5, 0.6) is 0 Å². The fourth-order valence-electron chi connectivity index (χ4n) is 2.18. The number of esters is 1. The first-order chi connectivity index (χ1) is 12.0. The third-order valence-electron chi connectivity index (χ3n) is 3.65. The van der Waals surface area contributed by atoms with Gasteiger partial charge in [-0.1, -0.05) is 55.8 Å². The zero-order valence-corrected chi connectivity index (χ0v) is 15.1. The van der Waals surface area contributed by atoms with Crippen molar-refractivity contribution < 1.29 is 17.9 Å². The SMILES string of the molecule is CCCCOC(=O)Cc1ccc(CNS(=O)(=O)c2ccccc2)cc1. The Balaban J connectivity index is 1.87. The first kappa shape index (κ1) is 19.1. The number of carbonyl (C=O) groups excluding carboxylic acids is 1. The molecule has 25 heavy (non-hydrogen) atoms. The van der Waals surface area contributed by atoms with E-state index in [1.165, 1.54) is 0 Å². The molecule has 0 heterocycles. The second kappa shape index (κ2) is 9.34. The highest BCUT2D eigenvalue weighted by molar-refractivity contribution is 7.89. The molecular formula is C19H23NO4S. The molecule has 0 spiro atoms. The zero-order valence-electron chi connectivity index (χ0n) is 14.3. The Kier molecular flexibility index (Phi) is 7.16. The molecule has 0 bridgehead atoms. The standard InChI is InChI=1S/C19H23NO4S/c1-2-3-13-24-19(21)14-16-9-11-17(12-10-16)15-20-25(22,23)18-7-5-4-6-8-18/h4-12,20H,2-3,13-15H2,1H3. The number of sulfonamides is 1. The molecule has 0 aliphatic carbocycles. The summed E-state index contributed by atoms with van der Waals surface area (Å²) < 4.78 is 32.0. The normalized spacial score (nSPS) is 11.2. The summed E-state index contributed by atoms with van der Waals surface area (Å²) in [6.45, 7) is 2.69. The largest absolute Gasteiger partial charge is 0.465 e. The van der Waals surface area contributed by atoms with Gasteiger partial charge in [0, 0.05) is 6.54 Å². The lowest BCUT2D eigenvalue weighted by atomic mass is 10.1. The van der Waals surface area contributed by atoms with Crippen molar-refractivity contribution in [2.75, 3.05) is 6.61 Å². The lowest BCUT2D eigenvalue weighted by Crippen LogP contribution is -2.23. The average molecular weight is 361 g/mol. The zero-order chi connectivity index (χ0) is 18.1. The Morgan fingerprint density at radius 1 is 1.00 bits per heavy atom. The van der Waals surface area contributed by atoms with Gasteiger partial charge in [-0.05, 0) is 29.7 Å². The molecular weight excluding hydrogens is 338 g/mol. The number of hydrogen-bond donors (Lipinski definition) is 1. The van der Waals surface area contributed by atoms with E-state index in [0.717, 1.165) is 24.0 Å². The number of hydrogen-bond acceptors (Lipinski definition) is 4. The highest BCUT2D eigenvalue weighted by atomic mass is 32.2. The van der Waals surface area contributed by atoms with Crippen LogP contribution >= 0.6 is 0 Å². The summed E-state index contributed by atoms with van der Waals surface area (Å²) in [5, 5.41) is 0. The molecule has 0 radical (unpaired) electrons. The van der Waals surface area contributed by atoms with Gasteiger partial charge in [-0.25, -0.2) is 13.1 Å². The number of ether oxygens (including phenoxy) is 1. The van der Waals surface area contributed by atoms with Crippen molar-refractivity contribution >= 4 is 16.0 Å². The van der Waals surface area contributed by atoms with Gasteiger partial charge in [0.15, 0.2) is 0 Å². The van der Waals surface area contributed by atoms with Gasteiger partial charge >= 0.3 is 5.97 Å². The smallest absolute Gasteiger partial charge is 0.310 e. The average Bonchev–Trinajstić information content (AvgIpc) is 2.62. The quantitative estimate of drug-likeness (QED) is 0.550. The highest BCUT2D eigenvalue weighted by Crippen LogP contribution is 2.10. The van der Waals surface area contributed by atoms with Gasteiger partial charge in [-0.3, -0.25) is 4.79 Å². The van der Waals surface area contributed by atoms with E-state index in [-0.39, 0.29) is 23.8 Å². The molecule has 0 amide bonds. The second-order valence-corrected chi connectivity index (χ2v) is 7.47. The molecule has 0 aliphatic heterocycles. The van der Waals surface area contributed by atoms with Crippen molar-refractivity contribution in [3.8, 4) is 0 Å². The number of benzene rings is 2. The molecule has 2 aromatic rings. The molecule has 134 valence electrons. The number of nitrogens with one attached hydrogen (secondary N) is 1. The van der Waals surface area contributed by atoms with Crippen molar-refractivity contribution in [2.45, 2.75) is 37.6 Å². The minimum atomic E-state index is -3.52. The fraction of sp³-hybridized carbons (Fsp3) is 0.316. The molecule has 0 aromatic heterocycles. The van der Waals surface area contributed by atoms with E-state index in [9.17, 15) is 13.2 Å². The molecule has 6 heteroatoms. The predicted molar refractivity (Wildman–Crippen MR) is 96.5 cm³/mol. The Bertz CT molecular complexity index is 771. The molecule has 0 aliphatic rings. The van der Waals surface area contributed by atoms with Crippen LogP contribution in [0.2, 0.25) is 0 Å². The van der Waals surface area contributed by atoms with Crippen LogP contribution in [0.15, 0.2) is 59.5 Å². The van der Waals surface area contributed by atoms with E-state index in [1.807, 2.05) is 31.2 Å². The van der Waals surface area contributed by atoms with Crippen LogP contribution in [-0.2, 0) is 32.5 Å². The molecule has 0 unspecified atom stereocenters. The summed E-state index contributed by atoms with van der Waals surface area (Å²) >= 11 is 0. The van der Waals surface area contributed by atoms with Gasteiger partial charge in [0.2, 0.25) is 10.0 Å². The molecule has 0 saturated carbocycles. The van der Waals surface area contributed by atoms with Crippen LogP contribution in [0.1, 0.15) is 30.9 Å². The summed E-state index contributed by atoms with van der Waals surface area (Å²) in [6.07, 6.45) is 2.08. The third kappa shape index (κ3) is 6.32. The first-order valence-corrected chi connectivity index (χ1v) is 9.78. The van der Waals surface area contributed by atoms with E-state index < -0.39 is 10.0 Å². The first-order valence-electron chi connectivity index (χ1n) is 8.29. The van der Waals surface area contributed by atoms with Crippen LogP contribution in [0, 0.1) is 0 Å². The summed E-state index contributed by atoms with van der Waals surface area (Å²) in [4.78, 5) is 11.9. The van der Waals surface area contributed by atoms with Gasteiger partial charge in [-0.2, -0.15) is 0 Å². The maximum absolute atomic E-state index is 12.2. The van der Waals surface area contributed by atoms with E-state index >= 15 is 0 Å². The molecule has 2 aromatic carbocycles. The third-order valence-corrected chi connectivity index (χ3v) is 5.07. The maximum atomic E-state index is 12.2. The molecule has 2 rings (SSSR count). The van der Waals surface area contributed by atoms with E-state index in [4.69, 9.17) is 4.74 Å². The molecule has 0 saturated heterocycles. The van der Waals surface area contributed by atoms with Gasteiger partial charge in [0.05, 0.1) is 17.9 Å². The van der Waals surface area contributed by atoms with Crippen LogP contribution < -0.4 is 4.72 Å². The summed E-state index contributed by atoms with van der Waals surface area (Å²) in [6, 6.07) is 15.5. The minimum absolute atomic E-state index is 0.193. The topological polar surface area (TPSA) is 72.5 Å². The van der Waals surface area contributed by atoms with Crippen LogP contribution in [0.3, 0.4) is 0 Å². The van der Waals surface area contributed by atoms with Gasteiger partial charge in [-0.15, -0.1) is 0 Å².